The lowest BCUT2D eigenvalue weighted by molar-refractivity contribution is 0.109. The highest BCUT2D eigenvalue weighted by Crippen LogP contribution is 2.34. The number of hydrogen-bond donors (Lipinski definition) is 1. The van der Waals surface area contributed by atoms with E-state index in [2.05, 4.69) is 42.0 Å². The lowest BCUT2D eigenvalue weighted by Crippen LogP contribution is -2.09. The van der Waals surface area contributed by atoms with E-state index in [0.29, 0.717) is 23.8 Å². The first-order valence-electron chi connectivity index (χ1n) is 6.32. The number of benzene rings is 1. The molecular formula is C13H13Br2N3O2. The highest BCUT2D eigenvalue weighted by atomic mass is 79.9. The molecule has 1 aliphatic heterocycles. The van der Waals surface area contributed by atoms with Crippen LogP contribution in [0.25, 0.3) is 11.5 Å². The molecule has 1 unspecified atom stereocenters. The number of nitrogens with zero attached hydrogens (tertiary/aromatic N) is 2. The Bertz CT molecular complexity index is 624. The first-order valence-corrected chi connectivity index (χ1v) is 7.91. The molecule has 1 fully saturated rings. The normalized spacial score (nSPS) is 18.6. The fourth-order valence-corrected chi connectivity index (χ4v) is 3.44. The van der Waals surface area contributed by atoms with Crippen LogP contribution in [0.4, 0.5) is 5.69 Å². The molecule has 7 heteroatoms. The summed E-state index contributed by atoms with van der Waals surface area (Å²) in [6.45, 7) is 0.820. The van der Waals surface area contributed by atoms with Crippen LogP contribution in [0.15, 0.2) is 25.6 Å². The molecule has 2 N–H and O–H groups in total. The standard InChI is InChI=1S/C13H13Br2N3O2/c14-7-4-9(12(16)10(15)5-7)13-17-11(18-20-13)6-8-2-1-3-19-8/h4-5,8H,1-3,6,16H2. The second-order valence-electron chi connectivity index (χ2n) is 4.70. The number of anilines is 1. The van der Waals surface area contributed by atoms with Crippen molar-refractivity contribution in [2.75, 3.05) is 12.3 Å². The summed E-state index contributed by atoms with van der Waals surface area (Å²) in [6.07, 6.45) is 3.03. The fraction of sp³-hybridized carbons (Fsp3) is 0.385. The maximum Gasteiger partial charge on any atom is 0.260 e. The fourth-order valence-electron chi connectivity index (χ4n) is 2.22. The molecule has 0 saturated carbocycles. The molecule has 2 heterocycles. The van der Waals surface area contributed by atoms with Crippen molar-refractivity contribution < 1.29 is 9.26 Å². The molecule has 0 radical (unpaired) electrons. The van der Waals surface area contributed by atoms with E-state index in [9.17, 15) is 0 Å². The van der Waals surface area contributed by atoms with E-state index < -0.39 is 0 Å². The van der Waals surface area contributed by atoms with Gasteiger partial charge in [-0.1, -0.05) is 21.1 Å². The van der Waals surface area contributed by atoms with Crippen LogP contribution in [-0.4, -0.2) is 22.9 Å². The van der Waals surface area contributed by atoms with E-state index >= 15 is 0 Å². The van der Waals surface area contributed by atoms with Gasteiger partial charge in [-0.15, -0.1) is 0 Å². The highest BCUT2D eigenvalue weighted by molar-refractivity contribution is 9.11. The molecule has 0 amide bonds. The van der Waals surface area contributed by atoms with Crippen molar-refractivity contribution in [3.8, 4) is 11.5 Å². The molecule has 2 aromatic rings. The summed E-state index contributed by atoms with van der Waals surface area (Å²) in [6, 6.07) is 3.74. The van der Waals surface area contributed by atoms with Crippen molar-refractivity contribution in [3.05, 3.63) is 26.9 Å². The van der Waals surface area contributed by atoms with Gasteiger partial charge in [0.1, 0.15) is 0 Å². The SMILES string of the molecule is Nc1c(Br)cc(Br)cc1-c1nc(CC2CCCO2)no1. The van der Waals surface area contributed by atoms with Gasteiger partial charge in [0.2, 0.25) is 0 Å². The van der Waals surface area contributed by atoms with Gasteiger partial charge in [0.05, 0.1) is 17.4 Å². The van der Waals surface area contributed by atoms with Crippen LogP contribution in [0, 0.1) is 0 Å². The summed E-state index contributed by atoms with van der Waals surface area (Å²) in [4.78, 5) is 4.41. The van der Waals surface area contributed by atoms with Gasteiger partial charge in [0, 0.05) is 22.0 Å². The van der Waals surface area contributed by atoms with Crippen LogP contribution >= 0.6 is 31.9 Å². The number of rotatable bonds is 3. The molecule has 0 bridgehead atoms. The highest BCUT2D eigenvalue weighted by Gasteiger charge is 2.20. The van der Waals surface area contributed by atoms with E-state index in [4.69, 9.17) is 15.0 Å². The second kappa shape index (κ2) is 5.83. The molecule has 3 rings (SSSR count). The molecule has 1 aromatic heterocycles. The van der Waals surface area contributed by atoms with Crippen molar-refractivity contribution in [2.45, 2.75) is 25.4 Å². The zero-order valence-corrected chi connectivity index (χ0v) is 13.8. The number of aromatic nitrogens is 2. The molecule has 1 saturated heterocycles. The zero-order valence-electron chi connectivity index (χ0n) is 10.6. The predicted molar refractivity (Wildman–Crippen MR) is 82.2 cm³/mol. The van der Waals surface area contributed by atoms with E-state index in [1.165, 1.54) is 0 Å². The number of nitrogen functional groups attached to an aromatic ring is 1. The Hall–Kier alpha value is -0.920. The van der Waals surface area contributed by atoms with Crippen LogP contribution < -0.4 is 5.73 Å². The smallest absolute Gasteiger partial charge is 0.260 e. The van der Waals surface area contributed by atoms with E-state index in [-0.39, 0.29) is 6.10 Å². The third kappa shape index (κ3) is 2.89. The van der Waals surface area contributed by atoms with Crippen LogP contribution in [0.3, 0.4) is 0 Å². The molecule has 1 aromatic carbocycles. The molecule has 5 nitrogen and oxygen atoms in total. The van der Waals surface area contributed by atoms with Crippen molar-refractivity contribution >= 4 is 37.5 Å². The quantitative estimate of drug-likeness (QED) is 0.794. The Labute approximate surface area is 133 Å². The van der Waals surface area contributed by atoms with Gasteiger partial charge in [-0.25, -0.2) is 0 Å². The molecular weight excluding hydrogens is 390 g/mol. The molecule has 0 aliphatic carbocycles. The van der Waals surface area contributed by atoms with Crippen LogP contribution in [0.5, 0.6) is 0 Å². The van der Waals surface area contributed by atoms with Gasteiger partial charge < -0.3 is 15.0 Å². The number of ether oxygens (including phenoxy) is 1. The first kappa shape index (κ1) is 14.0. The Balaban J connectivity index is 1.86. The van der Waals surface area contributed by atoms with Crippen LogP contribution in [0.1, 0.15) is 18.7 Å². The summed E-state index contributed by atoms with van der Waals surface area (Å²) in [7, 11) is 0. The van der Waals surface area contributed by atoms with Gasteiger partial charge in [0.15, 0.2) is 5.82 Å². The maximum atomic E-state index is 6.04. The van der Waals surface area contributed by atoms with Crippen LogP contribution in [0.2, 0.25) is 0 Å². The summed E-state index contributed by atoms with van der Waals surface area (Å²) < 4.78 is 12.6. The monoisotopic (exact) mass is 401 g/mol. The van der Waals surface area contributed by atoms with Crippen molar-refractivity contribution in [3.63, 3.8) is 0 Å². The maximum absolute atomic E-state index is 6.04. The predicted octanol–water partition coefficient (Wildman–Crippen LogP) is 3.57. The van der Waals surface area contributed by atoms with E-state index in [0.717, 1.165) is 34.0 Å². The zero-order chi connectivity index (χ0) is 14.1. The van der Waals surface area contributed by atoms with Crippen LogP contribution in [-0.2, 0) is 11.2 Å². The Morgan fingerprint density at radius 1 is 1.35 bits per heavy atom. The number of halogens is 2. The summed E-state index contributed by atoms with van der Waals surface area (Å²) >= 11 is 6.83. The van der Waals surface area contributed by atoms with Gasteiger partial charge in [-0.05, 0) is 40.9 Å². The minimum absolute atomic E-state index is 0.201. The van der Waals surface area contributed by atoms with E-state index in [1.54, 1.807) is 0 Å². The Kier molecular flexibility index (Phi) is 4.09. The van der Waals surface area contributed by atoms with Crippen molar-refractivity contribution in [1.29, 1.82) is 0 Å². The molecule has 0 spiro atoms. The third-order valence-electron chi connectivity index (χ3n) is 3.23. The molecule has 1 atom stereocenters. The van der Waals surface area contributed by atoms with Crippen molar-refractivity contribution in [1.82, 2.24) is 10.1 Å². The molecule has 1 aliphatic rings. The van der Waals surface area contributed by atoms with E-state index in [1.807, 2.05) is 12.1 Å². The number of hydrogen-bond acceptors (Lipinski definition) is 5. The van der Waals surface area contributed by atoms with Gasteiger partial charge in [0.25, 0.3) is 5.89 Å². The lowest BCUT2D eigenvalue weighted by Gasteiger charge is -2.05. The summed E-state index contributed by atoms with van der Waals surface area (Å²) in [5.74, 6) is 1.08. The third-order valence-corrected chi connectivity index (χ3v) is 4.34. The number of nitrogens with two attached hydrogens (primary N) is 1. The second-order valence-corrected chi connectivity index (χ2v) is 6.47. The largest absolute Gasteiger partial charge is 0.397 e. The Morgan fingerprint density at radius 3 is 2.95 bits per heavy atom. The Morgan fingerprint density at radius 2 is 2.20 bits per heavy atom. The van der Waals surface area contributed by atoms with Crippen molar-refractivity contribution in [2.24, 2.45) is 0 Å². The average Bonchev–Trinajstić information content (AvgIpc) is 3.06. The van der Waals surface area contributed by atoms with Gasteiger partial charge in [-0.3, -0.25) is 0 Å². The summed E-state index contributed by atoms with van der Waals surface area (Å²) in [5.41, 5.74) is 7.34. The van der Waals surface area contributed by atoms with Gasteiger partial charge in [-0.2, -0.15) is 4.98 Å². The average molecular weight is 403 g/mol. The molecule has 20 heavy (non-hydrogen) atoms. The lowest BCUT2D eigenvalue weighted by atomic mass is 10.1. The first-order chi connectivity index (χ1) is 9.63. The topological polar surface area (TPSA) is 74.2 Å². The molecule has 106 valence electrons. The van der Waals surface area contributed by atoms with Gasteiger partial charge >= 0.3 is 0 Å². The summed E-state index contributed by atoms with van der Waals surface area (Å²) in [5, 5.41) is 4.00. The minimum Gasteiger partial charge on any atom is -0.397 e. The minimum atomic E-state index is 0.201.